The number of hydrogen-bond acceptors (Lipinski definition) is 5. The Morgan fingerprint density at radius 1 is 1.00 bits per heavy atom. The number of carbonyl (C=O) groups excluding carboxylic acids is 2. The Hall–Kier alpha value is -1.88. The molecule has 0 unspecified atom stereocenters. The van der Waals surface area contributed by atoms with Gasteiger partial charge in [-0.2, -0.15) is 0 Å². The number of carbonyl (C=O) groups is 2. The molecule has 0 saturated carbocycles. The van der Waals surface area contributed by atoms with Gasteiger partial charge in [-0.1, -0.05) is 30.3 Å². The van der Waals surface area contributed by atoms with E-state index in [4.69, 9.17) is 9.47 Å². The zero-order valence-corrected chi connectivity index (χ0v) is 13.2. The molecule has 0 spiro atoms. The van der Waals surface area contributed by atoms with E-state index < -0.39 is 0 Å². The van der Waals surface area contributed by atoms with Gasteiger partial charge in [-0.15, -0.1) is 0 Å². The Bertz CT molecular complexity index is 477. The Morgan fingerprint density at radius 2 is 1.50 bits per heavy atom. The second-order valence-electron chi connectivity index (χ2n) is 5.65. The molecule has 1 heterocycles. The van der Waals surface area contributed by atoms with Crippen molar-refractivity contribution in [2.75, 3.05) is 13.2 Å². The minimum atomic E-state index is -0.261. The molecule has 0 bridgehead atoms. The molecular weight excluding hydrogens is 282 g/mol. The van der Waals surface area contributed by atoms with Crippen molar-refractivity contribution in [3.05, 3.63) is 35.9 Å². The highest BCUT2D eigenvalue weighted by Crippen LogP contribution is 2.27. The molecule has 120 valence electrons. The van der Waals surface area contributed by atoms with Crippen LogP contribution in [0.2, 0.25) is 0 Å². The quantitative estimate of drug-likeness (QED) is 0.754. The summed E-state index contributed by atoms with van der Waals surface area (Å²) in [6.07, 6.45) is 1.87. The number of nitrogens with zero attached hydrogens (tertiary/aromatic N) is 1. The van der Waals surface area contributed by atoms with E-state index in [2.05, 4.69) is 17.0 Å². The summed E-state index contributed by atoms with van der Waals surface area (Å²) in [6.45, 7) is 4.38. The molecule has 5 nitrogen and oxygen atoms in total. The van der Waals surface area contributed by atoms with Crippen molar-refractivity contribution in [2.24, 2.45) is 0 Å². The van der Waals surface area contributed by atoms with Crippen molar-refractivity contribution >= 4 is 11.9 Å². The summed E-state index contributed by atoms with van der Waals surface area (Å²) in [5, 5.41) is 0. The summed E-state index contributed by atoms with van der Waals surface area (Å²) in [7, 11) is 0. The SMILES string of the molecule is CC(=O)OC[C@@H]1CC[C@@H](COC(C)=O)N1Cc1ccccc1. The highest BCUT2D eigenvalue weighted by atomic mass is 16.5. The lowest BCUT2D eigenvalue weighted by Crippen LogP contribution is -2.40. The van der Waals surface area contributed by atoms with Crippen molar-refractivity contribution in [2.45, 2.75) is 45.3 Å². The molecule has 2 rings (SSSR count). The molecular formula is C17H23NO4. The Balaban J connectivity index is 2.03. The maximum absolute atomic E-state index is 11.1. The van der Waals surface area contributed by atoms with E-state index in [1.165, 1.54) is 19.4 Å². The molecule has 0 amide bonds. The van der Waals surface area contributed by atoms with E-state index in [1.54, 1.807) is 0 Å². The maximum Gasteiger partial charge on any atom is 0.302 e. The molecule has 1 fully saturated rings. The molecule has 22 heavy (non-hydrogen) atoms. The third-order valence-electron chi connectivity index (χ3n) is 3.94. The molecule has 2 atom stereocenters. The predicted molar refractivity (Wildman–Crippen MR) is 82.1 cm³/mol. The third kappa shape index (κ3) is 4.84. The van der Waals surface area contributed by atoms with Gasteiger partial charge >= 0.3 is 11.9 Å². The highest BCUT2D eigenvalue weighted by molar-refractivity contribution is 5.66. The van der Waals surface area contributed by atoms with E-state index >= 15 is 0 Å². The van der Waals surface area contributed by atoms with Gasteiger partial charge in [0.25, 0.3) is 0 Å². The van der Waals surface area contributed by atoms with Gasteiger partial charge in [0.1, 0.15) is 13.2 Å². The van der Waals surface area contributed by atoms with E-state index in [-0.39, 0.29) is 24.0 Å². The summed E-state index contributed by atoms with van der Waals surface area (Å²) in [4.78, 5) is 24.4. The molecule has 1 saturated heterocycles. The molecule has 1 aliphatic rings. The number of ether oxygens (including phenoxy) is 2. The molecule has 0 aromatic heterocycles. The van der Waals surface area contributed by atoms with E-state index in [9.17, 15) is 9.59 Å². The van der Waals surface area contributed by atoms with Crippen LogP contribution >= 0.6 is 0 Å². The van der Waals surface area contributed by atoms with E-state index in [0.29, 0.717) is 13.2 Å². The van der Waals surface area contributed by atoms with Crippen LogP contribution in [-0.4, -0.2) is 42.1 Å². The van der Waals surface area contributed by atoms with Crippen LogP contribution < -0.4 is 0 Å². The number of benzene rings is 1. The van der Waals surface area contributed by atoms with Gasteiger partial charge in [-0.05, 0) is 18.4 Å². The second kappa shape index (κ2) is 7.94. The fourth-order valence-corrected chi connectivity index (χ4v) is 2.85. The van der Waals surface area contributed by atoms with Crippen molar-refractivity contribution in [3.8, 4) is 0 Å². The average Bonchev–Trinajstić information content (AvgIpc) is 2.86. The third-order valence-corrected chi connectivity index (χ3v) is 3.94. The monoisotopic (exact) mass is 305 g/mol. The predicted octanol–water partition coefficient (Wildman–Crippen LogP) is 2.15. The molecule has 1 aromatic rings. The van der Waals surface area contributed by atoms with Crippen LogP contribution in [0.5, 0.6) is 0 Å². The van der Waals surface area contributed by atoms with Gasteiger partial charge < -0.3 is 9.47 Å². The molecule has 5 heteroatoms. The standard InChI is InChI=1S/C17H23NO4/c1-13(19)21-11-16-8-9-17(12-22-14(2)20)18(16)10-15-6-4-3-5-7-15/h3-7,16-17H,8-12H2,1-2H3/t16-,17-/m0/s1. The first-order chi connectivity index (χ1) is 10.6. The highest BCUT2D eigenvalue weighted by Gasteiger charge is 2.34. The lowest BCUT2D eigenvalue weighted by atomic mass is 10.2. The molecule has 0 radical (unpaired) electrons. The topological polar surface area (TPSA) is 55.8 Å². The summed E-state index contributed by atoms with van der Waals surface area (Å²) in [5.74, 6) is -0.522. The minimum Gasteiger partial charge on any atom is -0.464 e. The molecule has 1 aliphatic heterocycles. The van der Waals surface area contributed by atoms with E-state index in [0.717, 1.165) is 19.4 Å². The van der Waals surface area contributed by atoms with Gasteiger partial charge in [0.2, 0.25) is 0 Å². The van der Waals surface area contributed by atoms with Gasteiger partial charge in [0.05, 0.1) is 0 Å². The number of likely N-dealkylation sites (tertiary alicyclic amines) is 1. The Morgan fingerprint density at radius 3 is 1.95 bits per heavy atom. The van der Waals surface area contributed by atoms with Crippen LogP contribution in [0.4, 0.5) is 0 Å². The van der Waals surface area contributed by atoms with Crippen molar-refractivity contribution < 1.29 is 19.1 Å². The summed E-state index contributed by atoms with van der Waals surface area (Å²) in [6, 6.07) is 10.5. The lowest BCUT2D eigenvalue weighted by molar-refractivity contribution is -0.143. The van der Waals surface area contributed by atoms with Gasteiger partial charge in [0, 0.05) is 32.5 Å². The summed E-state index contributed by atoms with van der Waals surface area (Å²) in [5.41, 5.74) is 1.20. The van der Waals surface area contributed by atoms with Crippen LogP contribution in [0, 0.1) is 0 Å². The normalized spacial score (nSPS) is 21.5. The van der Waals surface area contributed by atoms with Gasteiger partial charge in [0.15, 0.2) is 0 Å². The number of hydrogen-bond donors (Lipinski definition) is 0. The summed E-state index contributed by atoms with van der Waals surface area (Å²) >= 11 is 0. The first-order valence-corrected chi connectivity index (χ1v) is 7.62. The van der Waals surface area contributed by atoms with Crippen LogP contribution in [-0.2, 0) is 25.6 Å². The fraction of sp³-hybridized carbons (Fsp3) is 0.529. The van der Waals surface area contributed by atoms with Crippen LogP contribution in [0.1, 0.15) is 32.3 Å². The Labute approximate surface area is 131 Å². The Kier molecular flexibility index (Phi) is 5.95. The number of rotatable bonds is 6. The zero-order valence-electron chi connectivity index (χ0n) is 13.2. The van der Waals surface area contributed by atoms with Crippen LogP contribution in [0.25, 0.3) is 0 Å². The molecule has 1 aromatic carbocycles. The van der Waals surface area contributed by atoms with Gasteiger partial charge in [-0.3, -0.25) is 14.5 Å². The molecule has 0 aliphatic carbocycles. The first-order valence-electron chi connectivity index (χ1n) is 7.62. The number of esters is 2. The lowest BCUT2D eigenvalue weighted by Gasteiger charge is -2.29. The molecule has 0 N–H and O–H groups in total. The minimum absolute atomic E-state index is 0.171. The van der Waals surface area contributed by atoms with Crippen LogP contribution in [0.15, 0.2) is 30.3 Å². The van der Waals surface area contributed by atoms with Crippen molar-refractivity contribution in [1.82, 2.24) is 4.90 Å². The first kappa shape index (κ1) is 16.5. The summed E-state index contributed by atoms with van der Waals surface area (Å²) < 4.78 is 10.4. The maximum atomic E-state index is 11.1. The van der Waals surface area contributed by atoms with Crippen molar-refractivity contribution in [3.63, 3.8) is 0 Å². The largest absolute Gasteiger partial charge is 0.464 e. The smallest absolute Gasteiger partial charge is 0.302 e. The zero-order chi connectivity index (χ0) is 15.9. The van der Waals surface area contributed by atoms with E-state index in [1.807, 2.05) is 18.2 Å². The van der Waals surface area contributed by atoms with Gasteiger partial charge in [-0.25, -0.2) is 0 Å². The van der Waals surface area contributed by atoms with Crippen LogP contribution in [0.3, 0.4) is 0 Å². The average molecular weight is 305 g/mol. The van der Waals surface area contributed by atoms with Crippen molar-refractivity contribution in [1.29, 1.82) is 0 Å². The fourth-order valence-electron chi connectivity index (χ4n) is 2.85. The second-order valence-corrected chi connectivity index (χ2v) is 5.65.